The first kappa shape index (κ1) is 21.0. The van der Waals surface area contributed by atoms with E-state index in [2.05, 4.69) is 32.6 Å². The van der Waals surface area contributed by atoms with Crippen molar-refractivity contribution in [2.75, 3.05) is 33.2 Å². The number of aromatic nitrogens is 1. The van der Waals surface area contributed by atoms with E-state index in [4.69, 9.17) is 0 Å². The molecule has 0 atom stereocenters. The summed E-state index contributed by atoms with van der Waals surface area (Å²) in [7, 11) is 2.15. The van der Waals surface area contributed by atoms with E-state index in [0.29, 0.717) is 36.5 Å². The molecule has 9 heteroatoms. The fourth-order valence-corrected chi connectivity index (χ4v) is 3.84. The molecular weight excluding hydrogens is 363 g/mol. The molecule has 0 amide bonds. The standard InChI is InChI=1S/C17H28F3N5S/c1-3-21-16(23-10-11-25(2)13-6-4-5-7-13)22-9-8-15-24-14(12-26-15)17(18,19)20/h12-13H,3-11H2,1-2H3,(H2,21,22,23). The Morgan fingerprint density at radius 3 is 2.69 bits per heavy atom. The Bertz CT molecular complexity index is 567. The molecule has 1 fully saturated rings. The average molecular weight is 392 g/mol. The zero-order valence-corrected chi connectivity index (χ0v) is 16.2. The van der Waals surface area contributed by atoms with Gasteiger partial charge in [0.05, 0.1) is 11.6 Å². The van der Waals surface area contributed by atoms with Gasteiger partial charge in [-0.15, -0.1) is 11.3 Å². The molecule has 0 aromatic carbocycles. The minimum absolute atomic E-state index is 0.438. The highest BCUT2D eigenvalue weighted by Gasteiger charge is 2.33. The van der Waals surface area contributed by atoms with Crippen LogP contribution in [0, 0.1) is 0 Å². The molecule has 0 radical (unpaired) electrons. The molecule has 0 bridgehead atoms. The predicted molar refractivity (Wildman–Crippen MR) is 99.7 cm³/mol. The third-order valence-corrected chi connectivity index (χ3v) is 5.40. The molecule has 148 valence electrons. The first-order chi connectivity index (χ1) is 12.4. The second-order valence-corrected chi connectivity index (χ2v) is 7.42. The molecular formula is C17H28F3N5S. The number of rotatable bonds is 8. The summed E-state index contributed by atoms with van der Waals surface area (Å²) in [6.45, 7) is 4.81. The van der Waals surface area contributed by atoms with Crippen molar-refractivity contribution in [2.45, 2.75) is 51.2 Å². The van der Waals surface area contributed by atoms with Gasteiger partial charge in [0.1, 0.15) is 0 Å². The molecule has 1 aliphatic carbocycles. The number of thiazole rings is 1. The van der Waals surface area contributed by atoms with Crippen LogP contribution in [-0.2, 0) is 12.6 Å². The van der Waals surface area contributed by atoms with Gasteiger partial charge < -0.3 is 15.5 Å². The molecule has 2 rings (SSSR count). The molecule has 1 aromatic heterocycles. The SMILES string of the molecule is CCNC(=NCCN(C)C1CCCC1)NCCc1nc(C(F)(F)F)cs1. The Labute approximate surface area is 157 Å². The minimum atomic E-state index is -4.37. The Morgan fingerprint density at radius 2 is 2.08 bits per heavy atom. The van der Waals surface area contributed by atoms with Gasteiger partial charge >= 0.3 is 6.18 Å². The van der Waals surface area contributed by atoms with Gasteiger partial charge in [-0.05, 0) is 26.8 Å². The van der Waals surface area contributed by atoms with Gasteiger partial charge in [-0.2, -0.15) is 13.2 Å². The van der Waals surface area contributed by atoms with Crippen LogP contribution in [0.4, 0.5) is 13.2 Å². The third kappa shape index (κ3) is 6.75. The predicted octanol–water partition coefficient (Wildman–Crippen LogP) is 3.13. The van der Waals surface area contributed by atoms with E-state index < -0.39 is 11.9 Å². The smallest absolute Gasteiger partial charge is 0.357 e. The van der Waals surface area contributed by atoms with Crippen LogP contribution in [0.5, 0.6) is 0 Å². The van der Waals surface area contributed by atoms with Crippen LogP contribution >= 0.6 is 11.3 Å². The number of nitrogens with zero attached hydrogens (tertiary/aromatic N) is 3. The summed E-state index contributed by atoms with van der Waals surface area (Å²) in [4.78, 5) is 10.6. The summed E-state index contributed by atoms with van der Waals surface area (Å²) in [6, 6.07) is 0.675. The maximum atomic E-state index is 12.6. The molecule has 0 aliphatic heterocycles. The van der Waals surface area contributed by atoms with E-state index >= 15 is 0 Å². The second-order valence-electron chi connectivity index (χ2n) is 6.48. The molecule has 26 heavy (non-hydrogen) atoms. The van der Waals surface area contributed by atoms with Crippen molar-refractivity contribution < 1.29 is 13.2 Å². The molecule has 0 saturated heterocycles. The van der Waals surface area contributed by atoms with Gasteiger partial charge in [-0.3, -0.25) is 4.99 Å². The van der Waals surface area contributed by atoms with Crippen LogP contribution in [0.25, 0.3) is 0 Å². The lowest BCUT2D eigenvalue weighted by Gasteiger charge is -2.23. The minimum Gasteiger partial charge on any atom is -0.357 e. The second kappa shape index (κ2) is 10.1. The third-order valence-electron chi connectivity index (χ3n) is 4.49. The van der Waals surface area contributed by atoms with Gasteiger partial charge in [0.2, 0.25) is 0 Å². The summed E-state index contributed by atoms with van der Waals surface area (Å²) in [6.07, 6.45) is 1.24. The number of hydrogen-bond acceptors (Lipinski definition) is 4. The highest BCUT2D eigenvalue weighted by molar-refractivity contribution is 7.09. The largest absolute Gasteiger partial charge is 0.434 e. The van der Waals surface area contributed by atoms with Crippen LogP contribution in [0.3, 0.4) is 0 Å². The monoisotopic (exact) mass is 391 g/mol. The number of aliphatic imine (C=N–C) groups is 1. The summed E-state index contributed by atoms with van der Waals surface area (Å²) in [5.74, 6) is 0.694. The van der Waals surface area contributed by atoms with E-state index in [0.717, 1.165) is 29.8 Å². The molecule has 1 aromatic rings. The Hall–Kier alpha value is -1.35. The van der Waals surface area contributed by atoms with Crippen molar-refractivity contribution in [1.29, 1.82) is 0 Å². The Morgan fingerprint density at radius 1 is 1.35 bits per heavy atom. The number of likely N-dealkylation sites (N-methyl/N-ethyl adjacent to an activating group) is 1. The molecule has 1 saturated carbocycles. The number of nitrogens with one attached hydrogen (secondary N) is 2. The van der Waals surface area contributed by atoms with Crippen LogP contribution in [0.2, 0.25) is 0 Å². The summed E-state index contributed by atoms with van der Waals surface area (Å²) < 4.78 is 37.7. The van der Waals surface area contributed by atoms with Gasteiger partial charge in [0.15, 0.2) is 11.7 Å². The first-order valence-electron chi connectivity index (χ1n) is 9.14. The Balaban J connectivity index is 1.75. The van der Waals surface area contributed by atoms with Crippen molar-refractivity contribution in [2.24, 2.45) is 4.99 Å². The van der Waals surface area contributed by atoms with E-state index in [1.807, 2.05) is 6.92 Å². The van der Waals surface area contributed by atoms with Crippen molar-refractivity contribution in [3.8, 4) is 0 Å². The lowest BCUT2D eigenvalue weighted by atomic mass is 10.2. The zero-order chi connectivity index (χ0) is 19.0. The van der Waals surface area contributed by atoms with Crippen LogP contribution in [0.1, 0.15) is 43.3 Å². The number of guanidine groups is 1. The normalized spacial score (nSPS) is 16.5. The number of alkyl halides is 3. The summed E-state index contributed by atoms with van der Waals surface area (Å²) in [5, 5.41) is 7.87. The lowest BCUT2D eigenvalue weighted by molar-refractivity contribution is -0.140. The van der Waals surface area contributed by atoms with Gasteiger partial charge in [0.25, 0.3) is 0 Å². The molecule has 1 aliphatic rings. The van der Waals surface area contributed by atoms with Crippen molar-refractivity contribution in [3.05, 3.63) is 16.1 Å². The highest BCUT2D eigenvalue weighted by atomic mass is 32.1. The molecule has 5 nitrogen and oxygen atoms in total. The Kier molecular flexibility index (Phi) is 8.15. The summed E-state index contributed by atoms with van der Waals surface area (Å²) in [5.41, 5.74) is -0.812. The number of halogens is 3. The molecule has 0 spiro atoms. The number of hydrogen-bond donors (Lipinski definition) is 2. The topological polar surface area (TPSA) is 52.6 Å². The van der Waals surface area contributed by atoms with Crippen LogP contribution in [-0.4, -0.2) is 55.1 Å². The fraction of sp³-hybridized carbons (Fsp3) is 0.765. The fourth-order valence-electron chi connectivity index (χ4n) is 3.03. The maximum Gasteiger partial charge on any atom is 0.434 e. The van der Waals surface area contributed by atoms with Gasteiger partial charge in [-0.25, -0.2) is 4.98 Å². The van der Waals surface area contributed by atoms with Crippen LogP contribution in [0.15, 0.2) is 10.4 Å². The molecule has 1 heterocycles. The van der Waals surface area contributed by atoms with E-state index in [1.165, 1.54) is 25.7 Å². The quantitative estimate of drug-likeness (QED) is 0.528. The zero-order valence-electron chi connectivity index (χ0n) is 15.4. The first-order valence-corrected chi connectivity index (χ1v) is 10.0. The lowest BCUT2D eigenvalue weighted by Crippen LogP contribution is -2.39. The van der Waals surface area contributed by atoms with E-state index in [-0.39, 0.29) is 0 Å². The molecule has 0 unspecified atom stereocenters. The maximum absolute atomic E-state index is 12.6. The molecule has 2 N–H and O–H groups in total. The summed E-state index contributed by atoms with van der Waals surface area (Å²) >= 11 is 1.04. The van der Waals surface area contributed by atoms with Gasteiger partial charge in [0, 0.05) is 37.5 Å². The van der Waals surface area contributed by atoms with Crippen molar-refractivity contribution >= 4 is 17.3 Å². The average Bonchev–Trinajstić information content (AvgIpc) is 3.26. The van der Waals surface area contributed by atoms with Crippen molar-refractivity contribution in [3.63, 3.8) is 0 Å². The van der Waals surface area contributed by atoms with E-state index in [9.17, 15) is 13.2 Å². The van der Waals surface area contributed by atoms with E-state index in [1.54, 1.807) is 0 Å². The highest BCUT2D eigenvalue weighted by Crippen LogP contribution is 2.30. The van der Waals surface area contributed by atoms with Crippen molar-refractivity contribution in [1.82, 2.24) is 20.5 Å². The van der Waals surface area contributed by atoms with Crippen LogP contribution < -0.4 is 10.6 Å². The van der Waals surface area contributed by atoms with Gasteiger partial charge in [-0.1, -0.05) is 12.8 Å².